The fraction of sp³-hybridized carbons (Fsp3) is 0.611. The molecular formula is C18H27BrN4O2S. The van der Waals surface area contributed by atoms with Gasteiger partial charge in [0.05, 0.1) is 6.61 Å². The highest BCUT2D eigenvalue weighted by molar-refractivity contribution is 9.10. The van der Waals surface area contributed by atoms with E-state index < -0.39 is 10.0 Å². The minimum atomic E-state index is -0.565. The maximum Gasteiger partial charge on any atom is 0.317 e. The first kappa shape index (κ1) is 19.6. The van der Waals surface area contributed by atoms with Crippen LogP contribution in [0.2, 0.25) is 0 Å². The molecule has 8 heteroatoms. The van der Waals surface area contributed by atoms with Crippen molar-refractivity contribution in [2.45, 2.75) is 38.5 Å². The van der Waals surface area contributed by atoms with Gasteiger partial charge < -0.3 is 9.47 Å². The second-order valence-electron chi connectivity index (χ2n) is 7.44. The van der Waals surface area contributed by atoms with Crippen LogP contribution in [0.4, 0.5) is 0 Å². The third kappa shape index (κ3) is 5.69. The standard InChI is InChI=1S/C18H27BrN4O2S/c1-26(2,3)11-10-24-13-23-18(25-15-6-4-5-7-15)21-17(22-23)16-9-8-14(19)12-20-16/h8-9,12,15H,4-7,10-11,13H2,1-3H3. The van der Waals surface area contributed by atoms with Crippen LogP contribution in [0.15, 0.2) is 22.8 Å². The molecule has 0 aliphatic heterocycles. The lowest BCUT2D eigenvalue weighted by Crippen LogP contribution is -2.17. The number of rotatable bonds is 8. The van der Waals surface area contributed by atoms with Gasteiger partial charge in [0.2, 0.25) is 5.82 Å². The Morgan fingerprint density at radius 3 is 2.65 bits per heavy atom. The molecule has 1 aliphatic carbocycles. The summed E-state index contributed by atoms with van der Waals surface area (Å²) in [7, 11) is -0.565. The number of aromatic nitrogens is 4. The minimum absolute atomic E-state index is 0.225. The molecule has 26 heavy (non-hydrogen) atoms. The summed E-state index contributed by atoms with van der Waals surface area (Å²) in [6.45, 7) is 1.06. The van der Waals surface area contributed by atoms with E-state index in [1.54, 1.807) is 10.9 Å². The van der Waals surface area contributed by atoms with E-state index in [2.05, 4.69) is 49.8 Å². The summed E-state index contributed by atoms with van der Waals surface area (Å²) in [5, 5.41) is 4.57. The average Bonchev–Trinajstić information content (AvgIpc) is 3.22. The monoisotopic (exact) mass is 442 g/mol. The van der Waals surface area contributed by atoms with Crippen molar-refractivity contribution in [2.75, 3.05) is 31.1 Å². The molecule has 0 amide bonds. The Labute approximate surface area is 165 Å². The van der Waals surface area contributed by atoms with E-state index >= 15 is 0 Å². The van der Waals surface area contributed by atoms with Gasteiger partial charge in [0.15, 0.2) is 0 Å². The van der Waals surface area contributed by atoms with E-state index in [-0.39, 0.29) is 6.10 Å². The first-order valence-corrected chi connectivity index (χ1v) is 12.7. The van der Waals surface area contributed by atoms with E-state index in [0.29, 0.717) is 25.2 Å². The van der Waals surface area contributed by atoms with Gasteiger partial charge in [0, 0.05) is 16.4 Å². The van der Waals surface area contributed by atoms with Gasteiger partial charge in [-0.1, -0.05) is 0 Å². The van der Waals surface area contributed by atoms with Crippen LogP contribution in [-0.2, 0) is 11.5 Å². The zero-order valence-corrected chi connectivity index (χ0v) is 18.1. The second-order valence-corrected chi connectivity index (χ2v) is 12.9. The van der Waals surface area contributed by atoms with Gasteiger partial charge in [-0.2, -0.15) is 9.67 Å². The van der Waals surface area contributed by atoms with Gasteiger partial charge in [-0.15, -0.1) is 5.10 Å². The molecule has 0 spiro atoms. The number of halogens is 1. The molecule has 1 fully saturated rings. The third-order valence-electron chi connectivity index (χ3n) is 4.22. The van der Waals surface area contributed by atoms with Crippen molar-refractivity contribution in [3.8, 4) is 17.5 Å². The van der Waals surface area contributed by atoms with Crippen molar-refractivity contribution < 1.29 is 9.47 Å². The van der Waals surface area contributed by atoms with E-state index in [1.165, 1.54) is 12.8 Å². The Bertz CT molecular complexity index is 709. The topological polar surface area (TPSA) is 62.1 Å². The van der Waals surface area contributed by atoms with Crippen molar-refractivity contribution in [1.82, 2.24) is 19.7 Å². The fourth-order valence-corrected chi connectivity index (χ4v) is 3.58. The van der Waals surface area contributed by atoms with Gasteiger partial charge in [-0.25, -0.2) is 10.0 Å². The van der Waals surface area contributed by atoms with Gasteiger partial charge in [-0.3, -0.25) is 4.98 Å². The molecule has 0 aromatic carbocycles. The van der Waals surface area contributed by atoms with Gasteiger partial charge >= 0.3 is 6.01 Å². The van der Waals surface area contributed by atoms with Crippen molar-refractivity contribution in [3.05, 3.63) is 22.8 Å². The number of ether oxygens (including phenoxy) is 2. The van der Waals surface area contributed by atoms with Crippen molar-refractivity contribution >= 4 is 26.0 Å². The van der Waals surface area contributed by atoms with Crippen LogP contribution in [0.1, 0.15) is 25.7 Å². The normalized spacial score (nSPS) is 16.2. The maximum absolute atomic E-state index is 6.11. The molecule has 6 nitrogen and oxygen atoms in total. The van der Waals surface area contributed by atoms with Crippen LogP contribution in [0.5, 0.6) is 6.01 Å². The lowest BCUT2D eigenvalue weighted by molar-refractivity contribution is 0.0658. The highest BCUT2D eigenvalue weighted by Crippen LogP contribution is 2.33. The molecule has 0 saturated heterocycles. The highest BCUT2D eigenvalue weighted by Gasteiger charge is 2.21. The number of hydrogen-bond donors (Lipinski definition) is 0. The molecule has 144 valence electrons. The molecule has 0 N–H and O–H groups in total. The largest absolute Gasteiger partial charge is 0.460 e. The summed E-state index contributed by atoms with van der Waals surface area (Å²) in [4.78, 5) is 8.96. The third-order valence-corrected chi connectivity index (χ3v) is 6.08. The Kier molecular flexibility index (Phi) is 6.58. The summed E-state index contributed by atoms with van der Waals surface area (Å²) in [5.41, 5.74) is 0.724. The molecule has 0 atom stereocenters. The predicted molar refractivity (Wildman–Crippen MR) is 110 cm³/mol. The quantitative estimate of drug-likeness (QED) is 0.575. The SMILES string of the molecule is CS(C)(C)CCOCn1nc(-c2ccc(Br)cn2)nc1OC1CCCC1. The fourth-order valence-electron chi connectivity index (χ4n) is 2.73. The van der Waals surface area contributed by atoms with Crippen LogP contribution in [-0.4, -0.2) is 57.0 Å². The smallest absolute Gasteiger partial charge is 0.317 e. The zero-order valence-electron chi connectivity index (χ0n) is 15.7. The molecule has 1 saturated carbocycles. The molecule has 0 radical (unpaired) electrons. The molecule has 2 heterocycles. The Morgan fingerprint density at radius 1 is 1.23 bits per heavy atom. The van der Waals surface area contributed by atoms with E-state index in [9.17, 15) is 0 Å². The first-order chi connectivity index (χ1) is 12.4. The summed E-state index contributed by atoms with van der Waals surface area (Å²) in [6, 6.07) is 4.36. The molecular weight excluding hydrogens is 416 g/mol. The molecule has 0 unspecified atom stereocenters. The highest BCUT2D eigenvalue weighted by atomic mass is 79.9. The van der Waals surface area contributed by atoms with E-state index in [4.69, 9.17) is 9.47 Å². The predicted octanol–water partition coefficient (Wildman–Crippen LogP) is 4.09. The van der Waals surface area contributed by atoms with Crippen molar-refractivity contribution in [1.29, 1.82) is 0 Å². The van der Waals surface area contributed by atoms with Crippen LogP contribution in [0, 0.1) is 0 Å². The zero-order chi connectivity index (χ0) is 18.6. The van der Waals surface area contributed by atoms with E-state index in [0.717, 1.165) is 28.8 Å². The Hall–Kier alpha value is -1.12. The Balaban J connectivity index is 1.72. The average molecular weight is 443 g/mol. The van der Waals surface area contributed by atoms with E-state index in [1.807, 2.05) is 12.1 Å². The molecule has 2 aromatic rings. The Morgan fingerprint density at radius 2 is 2.00 bits per heavy atom. The minimum Gasteiger partial charge on any atom is -0.460 e. The van der Waals surface area contributed by atoms with Gasteiger partial charge in [0.1, 0.15) is 18.5 Å². The van der Waals surface area contributed by atoms with Crippen LogP contribution >= 0.6 is 26.0 Å². The molecule has 1 aliphatic rings. The number of nitrogens with zero attached hydrogens (tertiary/aromatic N) is 4. The lowest BCUT2D eigenvalue weighted by atomic mass is 10.3. The summed E-state index contributed by atoms with van der Waals surface area (Å²) < 4.78 is 14.6. The van der Waals surface area contributed by atoms with Crippen molar-refractivity contribution in [2.24, 2.45) is 0 Å². The number of pyridine rings is 1. The summed E-state index contributed by atoms with van der Waals surface area (Å²) in [6.07, 6.45) is 13.4. The lowest BCUT2D eigenvalue weighted by Gasteiger charge is -2.24. The van der Waals surface area contributed by atoms with Crippen LogP contribution < -0.4 is 4.74 Å². The van der Waals surface area contributed by atoms with Crippen LogP contribution in [0.25, 0.3) is 11.5 Å². The molecule has 2 aromatic heterocycles. The molecule has 3 rings (SSSR count). The second kappa shape index (κ2) is 8.71. The van der Waals surface area contributed by atoms with Gasteiger partial charge in [-0.05, 0) is 72.5 Å². The van der Waals surface area contributed by atoms with Gasteiger partial charge in [0.25, 0.3) is 0 Å². The van der Waals surface area contributed by atoms with Crippen LogP contribution in [0.3, 0.4) is 0 Å². The number of hydrogen-bond acceptors (Lipinski definition) is 5. The first-order valence-electron chi connectivity index (χ1n) is 8.88. The summed E-state index contributed by atoms with van der Waals surface area (Å²) >= 11 is 3.40. The summed E-state index contributed by atoms with van der Waals surface area (Å²) in [5.74, 6) is 1.64. The van der Waals surface area contributed by atoms with Crippen molar-refractivity contribution in [3.63, 3.8) is 0 Å². The maximum atomic E-state index is 6.11. The molecule has 0 bridgehead atoms.